The summed E-state index contributed by atoms with van der Waals surface area (Å²) in [6.45, 7) is 1.64. The maximum Gasteiger partial charge on any atom is 0.232 e. The van der Waals surface area contributed by atoms with Crippen molar-refractivity contribution in [3.8, 4) is 28.5 Å². The largest absolute Gasteiger partial charge is 0.493 e. The minimum Gasteiger partial charge on any atom is -0.493 e. The highest BCUT2D eigenvalue weighted by molar-refractivity contribution is 7.99. The Hall–Kier alpha value is -3.26. The van der Waals surface area contributed by atoms with Gasteiger partial charge in [0.15, 0.2) is 11.5 Å². The monoisotopic (exact) mass is 493 g/mol. The lowest BCUT2D eigenvalue weighted by Gasteiger charge is -2.32. The Morgan fingerprint density at radius 2 is 1.63 bits per heavy atom. The molecule has 0 aliphatic carbocycles. The summed E-state index contributed by atoms with van der Waals surface area (Å²) < 4.78 is 16.2. The minimum atomic E-state index is 0.156. The zero-order valence-electron chi connectivity index (χ0n) is 20.4. The standard InChI is InChI=1S/C27H31N3O4S/c1-32-23-16-21(17-24(33-2)27(23)34-3)22-9-10-25(29-28-22)35-18-26(31)30-13-11-20(12-14-30)15-19-7-5-4-6-8-19/h4-10,16-17,20H,11-15,18H2,1-3H3. The Kier molecular flexibility index (Phi) is 8.47. The summed E-state index contributed by atoms with van der Waals surface area (Å²) in [7, 11) is 4.73. The molecule has 7 nitrogen and oxygen atoms in total. The van der Waals surface area contributed by atoms with E-state index in [9.17, 15) is 4.79 Å². The first-order valence-corrected chi connectivity index (χ1v) is 12.7. The van der Waals surface area contributed by atoms with Crippen LogP contribution in [0.15, 0.2) is 59.6 Å². The van der Waals surface area contributed by atoms with Crippen LogP contribution < -0.4 is 14.2 Å². The number of aromatic nitrogens is 2. The quantitative estimate of drug-likeness (QED) is 0.399. The lowest BCUT2D eigenvalue weighted by molar-refractivity contribution is -0.129. The Balaban J connectivity index is 1.30. The van der Waals surface area contributed by atoms with Gasteiger partial charge in [-0.05, 0) is 55.0 Å². The number of nitrogens with zero attached hydrogens (tertiary/aromatic N) is 3. The van der Waals surface area contributed by atoms with Crippen LogP contribution in [-0.2, 0) is 11.2 Å². The molecule has 184 valence electrons. The number of thioether (sulfide) groups is 1. The van der Waals surface area contributed by atoms with E-state index >= 15 is 0 Å². The Labute approximate surface area is 210 Å². The summed E-state index contributed by atoms with van der Waals surface area (Å²) >= 11 is 1.42. The van der Waals surface area contributed by atoms with E-state index in [0.717, 1.165) is 37.9 Å². The van der Waals surface area contributed by atoms with E-state index < -0.39 is 0 Å². The van der Waals surface area contributed by atoms with Crippen molar-refractivity contribution in [2.75, 3.05) is 40.2 Å². The van der Waals surface area contributed by atoms with Gasteiger partial charge in [0.25, 0.3) is 0 Å². The van der Waals surface area contributed by atoms with Crippen LogP contribution in [0.5, 0.6) is 17.2 Å². The molecule has 0 bridgehead atoms. The van der Waals surface area contributed by atoms with Crippen molar-refractivity contribution >= 4 is 17.7 Å². The molecule has 1 amide bonds. The molecule has 0 saturated carbocycles. The predicted molar refractivity (Wildman–Crippen MR) is 137 cm³/mol. The van der Waals surface area contributed by atoms with Crippen molar-refractivity contribution < 1.29 is 19.0 Å². The van der Waals surface area contributed by atoms with E-state index in [4.69, 9.17) is 14.2 Å². The fraction of sp³-hybridized carbons (Fsp3) is 0.370. The van der Waals surface area contributed by atoms with Gasteiger partial charge in [-0.1, -0.05) is 42.1 Å². The molecule has 1 fully saturated rings. The van der Waals surface area contributed by atoms with Gasteiger partial charge < -0.3 is 19.1 Å². The van der Waals surface area contributed by atoms with Crippen LogP contribution in [0.4, 0.5) is 0 Å². The molecular formula is C27H31N3O4S. The molecule has 1 aliphatic heterocycles. The number of hydrogen-bond donors (Lipinski definition) is 0. The number of ether oxygens (including phenoxy) is 3. The third kappa shape index (κ3) is 6.25. The van der Waals surface area contributed by atoms with Crippen molar-refractivity contribution in [3.63, 3.8) is 0 Å². The van der Waals surface area contributed by atoms with Crippen molar-refractivity contribution in [1.29, 1.82) is 0 Å². The predicted octanol–water partition coefficient (Wildman–Crippen LogP) is 4.74. The average molecular weight is 494 g/mol. The average Bonchev–Trinajstić information content (AvgIpc) is 2.92. The number of rotatable bonds is 9. The molecule has 0 N–H and O–H groups in total. The zero-order valence-corrected chi connectivity index (χ0v) is 21.2. The summed E-state index contributed by atoms with van der Waals surface area (Å²) in [4.78, 5) is 14.7. The van der Waals surface area contributed by atoms with Crippen molar-refractivity contribution in [3.05, 3.63) is 60.2 Å². The normalized spacial score (nSPS) is 14.0. The number of carbonyl (C=O) groups excluding carboxylic acids is 1. The zero-order chi connectivity index (χ0) is 24.6. The first-order chi connectivity index (χ1) is 17.1. The second kappa shape index (κ2) is 11.9. The smallest absolute Gasteiger partial charge is 0.232 e. The van der Waals surface area contributed by atoms with Gasteiger partial charge in [-0.25, -0.2) is 0 Å². The third-order valence-electron chi connectivity index (χ3n) is 6.28. The first kappa shape index (κ1) is 24.9. The maximum absolute atomic E-state index is 12.7. The molecular weight excluding hydrogens is 462 g/mol. The number of amides is 1. The van der Waals surface area contributed by atoms with Crippen LogP contribution >= 0.6 is 11.8 Å². The van der Waals surface area contributed by atoms with Crippen molar-refractivity contribution in [2.45, 2.75) is 24.3 Å². The maximum atomic E-state index is 12.7. The molecule has 2 heterocycles. The molecule has 2 aromatic carbocycles. The number of benzene rings is 2. The molecule has 4 rings (SSSR count). The highest BCUT2D eigenvalue weighted by Gasteiger charge is 2.23. The Bertz CT molecular complexity index is 1090. The molecule has 3 aromatic rings. The SMILES string of the molecule is COc1cc(-c2ccc(SCC(=O)N3CCC(Cc4ccccc4)CC3)nn2)cc(OC)c1OC. The van der Waals surface area contributed by atoms with E-state index in [-0.39, 0.29) is 5.91 Å². The molecule has 0 radical (unpaired) electrons. The summed E-state index contributed by atoms with van der Waals surface area (Å²) in [5.41, 5.74) is 2.86. The van der Waals surface area contributed by atoms with Gasteiger partial charge in [0.2, 0.25) is 11.7 Å². The van der Waals surface area contributed by atoms with E-state index in [0.29, 0.717) is 39.6 Å². The van der Waals surface area contributed by atoms with Crippen LogP contribution in [0.1, 0.15) is 18.4 Å². The molecule has 0 unspecified atom stereocenters. The fourth-order valence-corrected chi connectivity index (χ4v) is 5.06. The van der Waals surface area contributed by atoms with E-state index in [1.807, 2.05) is 35.2 Å². The number of methoxy groups -OCH3 is 3. The molecule has 8 heteroatoms. The fourth-order valence-electron chi connectivity index (χ4n) is 4.34. The second-order valence-corrected chi connectivity index (χ2v) is 9.47. The van der Waals surface area contributed by atoms with Gasteiger partial charge in [-0.15, -0.1) is 10.2 Å². The summed E-state index contributed by atoms with van der Waals surface area (Å²) in [5.74, 6) is 2.80. The summed E-state index contributed by atoms with van der Waals surface area (Å²) in [5, 5.41) is 9.38. The van der Waals surface area contributed by atoms with Crippen LogP contribution in [0.2, 0.25) is 0 Å². The number of likely N-dealkylation sites (tertiary alicyclic amines) is 1. The van der Waals surface area contributed by atoms with Gasteiger partial charge >= 0.3 is 0 Å². The molecule has 35 heavy (non-hydrogen) atoms. The Morgan fingerprint density at radius 1 is 0.943 bits per heavy atom. The van der Waals surface area contributed by atoms with E-state index in [1.54, 1.807) is 21.3 Å². The van der Waals surface area contributed by atoms with Gasteiger partial charge in [0, 0.05) is 18.7 Å². The molecule has 0 spiro atoms. The summed E-state index contributed by atoms with van der Waals surface area (Å²) in [6, 6.07) is 18.0. The van der Waals surface area contributed by atoms with Gasteiger partial charge in [-0.2, -0.15) is 0 Å². The highest BCUT2D eigenvalue weighted by atomic mass is 32.2. The van der Waals surface area contributed by atoms with E-state index in [1.165, 1.54) is 17.3 Å². The molecule has 1 saturated heterocycles. The van der Waals surface area contributed by atoms with Gasteiger partial charge in [-0.3, -0.25) is 4.79 Å². The van der Waals surface area contributed by atoms with Gasteiger partial charge in [0.1, 0.15) is 5.03 Å². The second-order valence-electron chi connectivity index (χ2n) is 8.47. The topological polar surface area (TPSA) is 73.8 Å². The first-order valence-electron chi connectivity index (χ1n) is 11.7. The number of piperidine rings is 1. The molecule has 0 atom stereocenters. The Morgan fingerprint density at radius 3 is 2.20 bits per heavy atom. The van der Waals surface area contributed by atoms with Crippen molar-refractivity contribution in [1.82, 2.24) is 15.1 Å². The highest BCUT2D eigenvalue weighted by Crippen LogP contribution is 2.40. The van der Waals surface area contributed by atoms with Crippen LogP contribution in [-0.4, -0.2) is 61.2 Å². The van der Waals surface area contributed by atoms with E-state index in [2.05, 4.69) is 34.5 Å². The van der Waals surface area contributed by atoms with Crippen LogP contribution in [0, 0.1) is 5.92 Å². The molecule has 1 aromatic heterocycles. The van der Waals surface area contributed by atoms with Crippen LogP contribution in [0.25, 0.3) is 11.3 Å². The van der Waals surface area contributed by atoms with Crippen molar-refractivity contribution in [2.24, 2.45) is 5.92 Å². The number of carbonyl (C=O) groups is 1. The van der Waals surface area contributed by atoms with Gasteiger partial charge in [0.05, 0.1) is 32.8 Å². The summed E-state index contributed by atoms with van der Waals surface area (Å²) in [6.07, 6.45) is 3.19. The number of hydrogen-bond acceptors (Lipinski definition) is 7. The lowest BCUT2D eigenvalue weighted by atomic mass is 9.90. The molecule has 1 aliphatic rings. The minimum absolute atomic E-state index is 0.156. The van der Waals surface area contributed by atoms with Crippen LogP contribution in [0.3, 0.4) is 0 Å². The third-order valence-corrected chi connectivity index (χ3v) is 7.18. The lowest BCUT2D eigenvalue weighted by Crippen LogP contribution is -2.39.